The second-order valence-electron chi connectivity index (χ2n) is 4.29. The highest BCUT2D eigenvalue weighted by Crippen LogP contribution is 2.25. The first-order chi connectivity index (χ1) is 9.26. The molecule has 3 rings (SSSR count). The lowest BCUT2D eigenvalue weighted by Gasteiger charge is -2.00. The number of aromatic nitrogens is 1. The van der Waals surface area contributed by atoms with Crippen LogP contribution in [0, 0.1) is 0 Å². The zero-order chi connectivity index (χ0) is 13.2. The fraction of sp³-hybridized carbons (Fsp3) is 0.133. The Hall–Kier alpha value is -2.00. The van der Waals surface area contributed by atoms with Crippen LogP contribution in [0.3, 0.4) is 0 Å². The Balaban J connectivity index is 1.95. The standard InChI is InChI=1S/C15H12ClNO2/c1-18-12-6-7-13-14(17-19-15(13)9-12)8-10-2-4-11(16)5-3-10/h2-7,9H,8H2,1H3. The molecule has 0 saturated heterocycles. The zero-order valence-corrected chi connectivity index (χ0v) is 11.1. The van der Waals surface area contributed by atoms with Crippen LogP contribution < -0.4 is 4.74 Å². The highest BCUT2D eigenvalue weighted by molar-refractivity contribution is 6.30. The lowest BCUT2D eigenvalue weighted by Crippen LogP contribution is -1.88. The number of hydrogen-bond acceptors (Lipinski definition) is 3. The number of benzene rings is 2. The van der Waals surface area contributed by atoms with Crippen molar-refractivity contribution in [3.8, 4) is 5.75 Å². The van der Waals surface area contributed by atoms with Crippen molar-refractivity contribution in [3.63, 3.8) is 0 Å². The van der Waals surface area contributed by atoms with E-state index in [1.54, 1.807) is 7.11 Å². The largest absolute Gasteiger partial charge is 0.497 e. The smallest absolute Gasteiger partial charge is 0.170 e. The van der Waals surface area contributed by atoms with Gasteiger partial charge in [0.05, 0.1) is 12.8 Å². The Morgan fingerprint density at radius 3 is 2.68 bits per heavy atom. The molecule has 0 bridgehead atoms. The second-order valence-corrected chi connectivity index (χ2v) is 4.73. The quantitative estimate of drug-likeness (QED) is 0.721. The van der Waals surface area contributed by atoms with Crippen molar-refractivity contribution in [2.45, 2.75) is 6.42 Å². The molecule has 0 unspecified atom stereocenters. The van der Waals surface area contributed by atoms with Gasteiger partial charge < -0.3 is 9.26 Å². The molecule has 0 saturated carbocycles. The van der Waals surface area contributed by atoms with Gasteiger partial charge in [-0.25, -0.2) is 0 Å². The van der Waals surface area contributed by atoms with E-state index in [1.165, 1.54) is 0 Å². The van der Waals surface area contributed by atoms with Crippen LogP contribution in [0.25, 0.3) is 11.0 Å². The van der Waals surface area contributed by atoms with Crippen molar-refractivity contribution >= 4 is 22.6 Å². The summed E-state index contributed by atoms with van der Waals surface area (Å²) in [6.07, 6.45) is 0.719. The molecule has 1 aromatic heterocycles. The minimum Gasteiger partial charge on any atom is -0.497 e. The SMILES string of the molecule is COc1ccc2c(Cc3ccc(Cl)cc3)noc2c1. The third-order valence-electron chi connectivity index (χ3n) is 3.04. The molecule has 0 aliphatic rings. The predicted molar refractivity (Wildman–Crippen MR) is 74.8 cm³/mol. The Morgan fingerprint density at radius 2 is 1.95 bits per heavy atom. The first-order valence-electron chi connectivity index (χ1n) is 5.93. The lowest BCUT2D eigenvalue weighted by molar-refractivity contribution is 0.411. The van der Waals surface area contributed by atoms with Crippen molar-refractivity contribution in [1.29, 1.82) is 0 Å². The summed E-state index contributed by atoms with van der Waals surface area (Å²) in [6, 6.07) is 13.5. The van der Waals surface area contributed by atoms with Gasteiger partial charge in [0.2, 0.25) is 0 Å². The van der Waals surface area contributed by atoms with Gasteiger partial charge >= 0.3 is 0 Å². The molecule has 0 aliphatic heterocycles. The third-order valence-corrected chi connectivity index (χ3v) is 3.29. The van der Waals surface area contributed by atoms with Crippen molar-refractivity contribution in [2.24, 2.45) is 0 Å². The van der Waals surface area contributed by atoms with Crippen LogP contribution in [0.2, 0.25) is 5.02 Å². The van der Waals surface area contributed by atoms with Crippen LogP contribution in [0.15, 0.2) is 47.0 Å². The maximum atomic E-state index is 5.87. The van der Waals surface area contributed by atoms with E-state index in [2.05, 4.69) is 5.16 Å². The van der Waals surface area contributed by atoms with E-state index in [9.17, 15) is 0 Å². The van der Waals surface area contributed by atoms with Crippen LogP contribution in [0.1, 0.15) is 11.3 Å². The summed E-state index contributed by atoms with van der Waals surface area (Å²) < 4.78 is 10.5. The van der Waals surface area contributed by atoms with Crippen LogP contribution >= 0.6 is 11.6 Å². The van der Waals surface area contributed by atoms with Gasteiger partial charge in [-0.2, -0.15) is 0 Å². The van der Waals surface area contributed by atoms with E-state index >= 15 is 0 Å². The maximum Gasteiger partial charge on any atom is 0.170 e. The van der Waals surface area contributed by atoms with Crippen molar-refractivity contribution < 1.29 is 9.26 Å². The normalized spacial score (nSPS) is 10.8. The molecule has 0 N–H and O–H groups in total. The zero-order valence-electron chi connectivity index (χ0n) is 10.4. The van der Waals surface area contributed by atoms with E-state index in [0.29, 0.717) is 0 Å². The lowest BCUT2D eigenvalue weighted by atomic mass is 10.1. The number of ether oxygens (including phenoxy) is 1. The van der Waals surface area contributed by atoms with Crippen molar-refractivity contribution in [1.82, 2.24) is 5.16 Å². The van der Waals surface area contributed by atoms with Gasteiger partial charge in [0.15, 0.2) is 5.58 Å². The van der Waals surface area contributed by atoms with E-state index in [0.717, 1.165) is 39.4 Å². The first kappa shape index (κ1) is 12.1. The molecule has 0 amide bonds. The van der Waals surface area contributed by atoms with Gasteiger partial charge in [0, 0.05) is 22.9 Å². The predicted octanol–water partition coefficient (Wildman–Crippen LogP) is 4.08. The minimum absolute atomic E-state index is 0.719. The van der Waals surface area contributed by atoms with E-state index in [1.807, 2.05) is 42.5 Å². The maximum absolute atomic E-state index is 5.87. The molecule has 0 atom stereocenters. The summed E-state index contributed by atoms with van der Waals surface area (Å²) in [7, 11) is 1.63. The molecule has 2 aromatic carbocycles. The molecule has 0 radical (unpaired) electrons. The summed E-state index contributed by atoms with van der Waals surface area (Å²) >= 11 is 5.87. The van der Waals surface area contributed by atoms with Crippen molar-refractivity contribution in [3.05, 3.63) is 58.7 Å². The Bertz CT molecular complexity index is 704. The molecular weight excluding hydrogens is 262 g/mol. The topological polar surface area (TPSA) is 35.3 Å². The molecule has 0 fully saturated rings. The molecular formula is C15H12ClNO2. The number of fused-ring (bicyclic) bond motifs is 1. The minimum atomic E-state index is 0.719. The summed E-state index contributed by atoms with van der Waals surface area (Å²) in [5.41, 5.74) is 2.80. The number of hydrogen-bond donors (Lipinski definition) is 0. The van der Waals surface area contributed by atoms with Crippen LogP contribution in [-0.2, 0) is 6.42 Å². The molecule has 19 heavy (non-hydrogen) atoms. The third kappa shape index (κ3) is 2.42. The summed E-state index contributed by atoms with van der Waals surface area (Å²) in [5.74, 6) is 0.765. The average Bonchev–Trinajstić information content (AvgIpc) is 2.83. The molecule has 3 aromatic rings. The van der Waals surface area contributed by atoms with Gasteiger partial charge in [-0.05, 0) is 29.8 Å². The molecule has 1 heterocycles. The van der Waals surface area contributed by atoms with E-state index < -0.39 is 0 Å². The fourth-order valence-corrected chi connectivity index (χ4v) is 2.15. The molecule has 96 valence electrons. The van der Waals surface area contributed by atoms with Gasteiger partial charge in [-0.3, -0.25) is 0 Å². The number of rotatable bonds is 3. The Kier molecular flexibility index (Phi) is 3.13. The number of halogens is 1. The van der Waals surface area contributed by atoms with E-state index in [-0.39, 0.29) is 0 Å². The molecule has 4 heteroatoms. The summed E-state index contributed by atoms with van der Waals surface area (Å²) in [5, 5.41) is 5.87. The molecule has 0 spiro atoms. The van der Waals surface area contributed by atoms with Gasteiger partial charge in [0.25, 0.3) is 0 Å². The van der Waals surface area contributed by atoms with Gasteiger partial charge in [-0.15, -0.1) is 0 Å². The van der Waals surface area contributed by atoms with Gasteiger partial charge in [-0.1, -0.05) is 28.9 Å². The fourth-order valence-electron chi connectivity index (χ4n) is 2.02. The summed E-state index contributed by atoms with van der Waals surface area (Å²) in [6.45, 7) is 0. The number of methoxy groups -OCH3 is 1. The highest BCUT2D eigenvalue weighted by Gasteiger charge is 2.09. The monoisotopic (exact) mass is 273 g/mol. The second kappa shape index (κ2) is 4.94. The molecule has 3 nitrogen and oxygen atoms in total. The van der Waals surface area contributed by atoms with Gasteiger partial charge in [0.1, 0.15) is 5.75 Å². The first-order valence-corrected chi connectivity index (χ1v) is 6.31. The highest BCUT2D eigenvalue weighted by atomic mass is 35.5. The van der Waals surface area contributed by atoms with Crippen LogP contribution in [-0.4, -0.2) is 12.3 Å². The van der Waals surface area contributed by atoms with Crippen LogP contribution in [0.4, 0.5) is 0 Å². The Labute approximate surface area is 115 Å². The summed E-state index contributed by atoms with van der Waals surface area (Å²) in [4.78, 5) is 0. The van der Waals surface area contributed by atoms with Crippen LogP contribution in [0.5, 0.6) is 5.75 Å². The number of nitrogens with zero attached hydrogens (tertiary/aromatic N) is 1. The Morgan fingerprint density at radius 1 is 1.16 bits per heavy atom. The average molecular weight is 274 g/mol. The molecule has 0 aliphatic carbocycles. The van der Waals surface area contributed by atoms with Crippen molar-refractivity contribution in [2.75, 3.05) is 7.11 Å². The van der Waals surface area contributed by atoms with E-state index in [4.69, 9.17) is 20.9 Å².